The minimum atomic E-state index is -3.21. The lowest BCUT2D eigenvalue weighted by molar-refractivity contribution is -0.118. The van der Waals surface area contributed by atoms with Gasteiger partial charge in [-0.05, 0) is 36.8 Å². The van der Waals surface area contributed by atoms with Crippen LogP contribution in [0.5, 0.6) is 0 Å². The summed E-state index contributed by atoms with van der Waals surface area (Å²) in [5.74, 6) is -0.126. The number of carbonyl (C=O) groups is 1. The summed E-state index contributed by atoms with van der Waals surface area (Å²) in [5.41, 5.74) is 0.673. The van der Waals surface area contributed by atoms with Gasteiger partial charge in [-0.2, -0.15) is 0 Å². The molecule has 1 aromatic rings. The van der Waals surface area contributed by atoms with E-state index in [0.717, 1.165) is 12.8 Å². The summed E-state index contributed by atoms with van der Waals surface area (Å²) < 4.78 is 23.2. The van der Waals surface area contributed by atoms with Crippen molar-refractivity contribution in [3.05, 3.63) is 40.8 Å². The van der Waals surface area contributed by atoms with Gasteiger partial charge >= 0.3 is 0 Å². The monoisotopic (exact) mass is 327 g/mol. The van der Waals surface area contributed by atoms with Crippen LogP contribution >= 0.6 is 11.6 Å². The van der Waals surface area contributed by atoms with Gasteiger partial charge in [0.25, 0.3) is 0 Å². The molecule has 0 radical (unpaired) electrons. The first kappa shape index (κ1) is 16.0. The smallest absolute Gasteiger partial charge is 0.227 e. The molecule has 0 aromatic heterocycles. The molecule has 0 saturated heterocycles. The third kappa shape index (κ3) is 4.08. The van der Waals surface area contributed by atoms with E-state index in [1.165, 1.54) is 5.41 Å². The van der Waals surface area contributed by atoms with Gasteiger partial charge in [0.15, 0.2) is 9.84 Å². The number of anilines is 1. The molecule has 0 N–H and O–H groups in total. The maximum Gasteiger partial charge on any atom is 0.227 e. The van der Waals surface area contributed by atoms with Crippen molar-refractivity contribution in [3.8, 4) is 0 Å². The van der Waals surface area contributed by atoms with E-state index in [-0.39, 0.29) is 11.7 Å². The highest BCUT2D eigenvalue weighted by atomic mass is 35.5. The fraction of sp³-hybridized carbons (Fsp3) is 0.400. The minimum absolute atomic E-state index is 0.0620. The molecule has 2 rings (SSSR count). The average molecular weight is 328 g/mol. The zero-order valence-electron chi connectivity index (χ0n) is 11.8. The Morgan fingerprint density at radius 3 is 2.52 bits per heavy atom. The Balaban J connectivity index is 2.29. The lowest BCUT2D eigenvalue weighted by atomic mass is 10.1. The van der Waals surface area contributed by atoms with Crippen LogP contribution < -0.4 is 4.90 Å². The average Bonchev–Trinajstić information content (AvgIpc) is 2.79. The summed E-state index contributed by atoms with van der Waals surface area (Å²) in [5, 5.41) is 1.77. The molecule has 1 atom stereocenters. The molecule has 1 unspecified atom stereocenters. The Bertz CT molecular complexity index is 637. The van der Waals surface area contributed by atoms with Crippen LogP contribution in [0.2, 0.25) is 5.02 Å². The first-order valence-electron chi connectivity index (χ1n) is 6.91. The highest BCUT2D eigenvalue weighted by Crippen LogP contribution is 2.25. The number of sulfone groups is 1. The van der Waals surface area contributed by atoms with Gasteiger partial charge in [0.1, 0.15) is 0 Å². The molecule has 114 valence electrons. The number of hydrogen-bond donors (Lipinski definition) is 0. The van der Waals surface area contributed by atoms with Crippen LogP contribution in [0.25, 0.3) is 0 Å². The summed E-state index contributed by atoms with van der Waals surface area (Å²) in [4.78, 5) is 14.0. The van der Waals surface area contributed by atoms with Crippen LogP contribution in [0.15, 0.2) is 35.7 Å². The second kappa shape index (κ2) is 6.62. The molecule has 0 fully saturated rings. The standard InChI is InChI=1S/C15H18ClNO3S/c1-2-3-4-15(18)17(13-7-5-12(16)6-8-13)14-9-10-21(19,20)11-14/h5-10,14H,2-4,11H2,1H3. The van der Waals surface area contributed by atoms with E-state index >= 15 is 0 Å². The van der Waals surface area contributed by atoms with E-state index in [4.69, 9.17) is 11.6 Å². The summed E-state index contributed by atoms with van der Waals surface area (Å²) >= 11 is 5.87. The molecule has 0 bridgehead atoms. The largest absolute Gasteiger partial charge is 0.304 e. The van der Waals surface area contributed by atoms with Crippen molar-refractivity contribution < 1.29 is 13.2 Å². The summed E-state index contributed by atoms with van der Waals surface area (Å²) in [6.45, 7) is 2.01. The van der Waals surface area contributed by atoms with Gasteiger partial charge in [0, 0.05) is 22.5 Å². The molecular formula is C15H18ClNO3S. The van der Waals surface area contributed by atoms with Gasteiger partial charge in [-0.25, -0.2) is 8.42 Å². The van der Waals surface area contributed by atoms with Crippen molar-refractivity contribution >= 4 is 33.0 Å². The molecule has 1 aliphatic rings. The van der Waals surface area contributed by atoms with Crippen molar-refractivity contribution in [1.29, 1.82) is 0 Å². The number of rotatable bonds is 5. The quantitative estimate of drug-likeness (QED) is 0.834. The van der Waals surface area contributed by atoms with Gasteiger partial charge in [0.05, 0.1) is 11.8 Å². The van der Waals surface area contributed by atoms with E-state index in [9.17, 15) is 13.2 Å². The summed E-state index contributed by atoms with van der Waals surface area (Å²) in [6.07, 6.45) is 3.68. The lowest BCUT2D eigenvalue weighted by Crippen LogP contribution is -2.41. The van der Waals surface area contributed by atoms with Crippen LogP contribution in [-0.4, -0.2) is 26.1 Å². The van der Waals surface area contributed by atoms with Crippen LogP contribution in [0, 0.1) is 0 Å². The molecule has 1 aromatic carbocycles. The molecule has 1 aliphatic heterocycles. The number of halogens is 1. The Morgan fingerprint density at radius 2 is 2.00 bits per heavy atom. The van der Waals surface area contributed by atoms with Crippen molar-refractivity contribution in [2.24, 2.45) is 0 Å². The van der Waals surface area contributed by atoms with Gasteiger partial charge in [0.2, 0.25) is 5.91 Å². The van der Waals surface area contributed by atoms with E-state index in [1.807, 2.05) is 6.92 Å². The van der Waals surface area contributed by atoms with Crippen molar-refractivity contribution in [1.82, 2.24) is 0 Å². The fourth-order valence-corrected chi connectivity index (χ4v) is 3.68. The van der Waals surface area contributed by atoms with Gasteiger partial charge in [-0.3, -0.25) is 4.79 Å². The Morgan fingerprint density at radius 1 is 1.33 bits per heavy atom. The van der Waals surface area contributed by atoms with Crippen LogP contribution in [0.4, 0.5) is 5.69 Å². The third-order valence-electron chi connectivity index (χ3n) is 3.36. The number of benzene rings is 1. The Labute approximate surface area is 130 Å². The Hall–Kier alpha value is -1.33. The van der Waals surface area contributed by atoms with Crippen LogP contribution in [0.1, 0.15) is 26.2 Å². The fourth-order valence-electron chi connectivity index (χ4n) is 2.29. The van der Waals surface area contributed by atoms with Crippen LogP contribution in [0.3, 0.4) is 0 Å². The highest BCUT2D eigenvalue weighted by molar-refractivity contribution is 7.94. The van der Waals surface area contributed by atoms with E-state index in [1.54, 1.807) is 35.2 Å². The third-order valence-corrected chi connectivity index (χ3v) is 4.99. The maximum absolute atomic E-state index is 12.4. The molecule has 21 heavy (non-hydrogen) atoms. The van der Waals surface area contributed by atoms with Crippen LogP contribution in [-0.2, 0) is 14.6 Å². The number of nitrogens with zero attached hydrogens (tertiary/aromatic N) is 1. The number of amides is 1. The highest BCUT2D eigenvalue weighted by Gasteiger charge is 2.30. The minimum Gasteiger partial charge on any atom is -0.304 e. The molecule has 0 saturated carbocycles. The van der Waals surface area contributed by atoms with Gasteiger partial charge in [-0.1, -0.05) is 24.9 Å². The zero-order valence-corrected chi connectivity index (χ0v) is 13.4. The normalized spacial score (nSPS) is 19.6. The first-order valence-corrected chi connectivity index (χ1v) is 9.01. The molecule has 0 spiro atoms. The molecule has 1 amide bonds. The summed E-state index contributed by atoms with van der Waals surface area (Å²) in [6, 6.07) is 6.44. The van der Waals surface area contributed by atoms with Gasteiger partial charge < -0.3 is 4.90 Å². The van der Waals surface area contributed by atoms with E-state index < -0.39 is 15.9 Å². The summed E-state index contributed by atoms with van der Waals surface area (Å²) in [7, 11) is -3.21. The van der Waals surface area contributed by atoms with Gasteiger partial charge in [-0.15, -0.1) is 0 Å². The predicted molar refractivity (Wildman–Crippen MR) is 85.2 cm³/mol. The second-order valence-electron chi connectivity index (χ2n) is 5.07. The molecular weight excluding hydrogens is 310 g/mol. The first-order chi connectivity index (χ1) is 9.93. The number of hydrogen-bond acceptors (Lipinski definition) is 3. The maximum atomic E-state index is 12.4. The molecule has 0 aliphatic carbocycles. The zero-order chi connectivity index (χ0) is 15.5. The number of unbranched alkanes of at least 4 members (excludes halogenated alkanes) is 1. The molecule has 1 heterocycles. The number of carbonyl (C=O) groups excluding carboxylic acids is 1. The van der Waals surface area contributed by atoms with E-state index in [0.29, 0.717) is 17.1 Å². The Kier molecular flexibility index (Phi) is 5.06. The molecule has 4 nitrogen and oxygen atoms in total. The second-order valence-corrected chi connectivity index (χ2v) is 7.44. The predicted octanol–water partition coefficient (Wildman–Crippen LogP) is 3.17. The lowest BCUT2D eigenvalue weighted by Gasteiger charge is -2.27. The van der Waals surface area contributed by atoms with Crippen molar-refractivity contribution in [2.75, 3.05) is 10.7 Å². The van der Waals surface area contributed by atoms with Crippen molar-refractivity contribution in [3.63, 3.8) is 0 Å². The SMILES string of the molecule is CCCCC(=O)N(c1ccc(Cl)cc1)C1C=CS(=O)(=O)C1. The molecule has 6 heteroatoms. The van der Waals surface area contributed by atoms with E-state index in [2.05, 4.69) is 0 Å². The topological polar surface area (TPSA) is 54.5 Å². The van der Waals surface area contributed by atoms with Crippen molar-refractivity contribution in [2.45, 2.75) is 32.2 Å².